The van der Waals surface area contributed by atoms with Gasteiger partial charge in [-0.05, 0) is 37.8 Å². The normalized spacial score (nSPS) is 19.8. The zero-order valence-corrected chi connectivity index (χ0v) is 18.8. The maximum Gasteiger partial charge on any atom is 0.225 e. The third-order valence-corrected chi connectivity index (χ3v) is 7.36. The van der Waals surface area contributed by atoms with Gasteiger partial charge in [-0.3, -0.25) is 4.79 Å². The number of benzene rings is 1. The van der Waals surface area contributed by atoms with Crippen LogP contribution in [0.4, 0.5) is 5.82 Å². The van der Waals surface area contributed by atoms with E-state index >= 15 is 0 Å². The standard InChI is InChI=1S/C24H27ClN6O/c25-19-7-3-4-8-20(19)31-23-18(15-26-31)22(27-21(28-23)16-9-10-16)29-11-13-30(14-12-29)24(32)17-5-1-2-6-17/h3-4,7-8,15-17H,1-2,5-6,9-14H2. The largest absolute Gasteiger partial charge is 0.352 e. The molecule has 2 aromatic heterocycles. The highest BCUT2D eigenvalue weighted by Gasteiger charge is 2.32. The summed E-state index contributed by atoms with van der Waals surface area (Å²) in [6, 6.07) is 7.70. The van der Waals surface area contributed by atoms with Crippen molar-refractivity contribution in [3.8, 4) is 5.69 Å². The Labute approximate surface area is 192 Å². The van der Waals surface area contributed by atoms with E-state index in [1.165, 1.54) is 12.8 Å². The van der Waals surface area contributed by atoms with Gasteiger partial charge in [0.25, 0.3) is 0 Å². The van der Waals surface area contributed by atoms with Gasteiger partial charge >= 0.3 is 0 Å². The molecule has 0 radical (unpaired) electrons. The number of halogens is 1. The van der Waals surface area contributed by atoms with E-state index in [1.54, 1.807) is 0 Å². The molecule has 6 rings (SSSR count). The summed E-state index contributed by atoms with van der Waals surface area (Å²) >= 11 is 6.47. The molecule has 0 spiro atoms. The second-order valence-corrected chi connectivity index (χ2v) is 9.63. The highest BCUT2D eigenvalue weighted by atomic mass is 35.5. The molecule has 166 valence electrons. The molecule has 32 heavy (non-hydrogen) atoms. The Balaban J connectivity index is 1.32. The summed E-state index contributed by atoms with van der Waals surface area (Å²) in [7, 11) is 0. The number of carbonyl (C=O) groups excluding carboxylic acids is 1. The monoisotopic (exact) mass is 450 g/mol. The third-order valence-electron chi connectivity index (χ3n) is 7.04. The first-order valence-corrected chi connectivity index (χ1v) is 12.1. The fourth-order valence-corrected chi connectivity index (χ4v) is 5.26. The first-order chi connectivity index (χ1) is 15.7. The Morgan fingerprint density at radius 2 is 1.72 bits per heavy atom. The molecule has 0 atom stereocenters. The molecule has 0 N–H and O–H groups in total. The molecule has 3 heterocycles. The number of anilines is 1. The molecule has 1 aromatic carbocycles. The molecular formula is C24H27ClN6O. The van der Waals surface area contributed by atoms with Crippen molar-refractivity contribution in [3.63, 3.8) is 0 Å². The smallest absolute Gasteiger partial charge is 0.225 e. The minimum Gasteiger partial charge on any atom is -0.352 e. The van der Waals surface area contributed by atoms with Gasteiger partial charge in [0.2, 0.25) is 5.91 Å². The Morgan fingerprint density at radius 3 is 2.44 bits per heavy atom. The molecule has 8 heteroatoms. The van der Waals surface area contributed by atoms with Crippen molar-refractivity contribution in [2.45, 2.75) is 44.4 Å². The summed E-state index contributed by atoms with van der Waals surface area (Å²) in [6.07, 6.45) is 8.60. The van der Waals surface area contributed by atoms with Crippen molar-refractivity contribution in [1.82, 2.24) is 24.6 Å². The number of rotatable bonds is 4. The zero-order valence-electron chi connectivity index (χ0n) is 18.1. The van der Waals surface area contributed by atoms with Crippen LogP contribution in [0.5, 0.6) is 0 Å². The Hall–Kier alpha value is -2.67. The number of nitrogens with zero attached hydrogens (tertiary/aromatic N) is 6. The van der Waals surface area contributed by atoms with Crippen molar-refractivity contribution in [2.75, 3.05) is 31.1 Å². The van der Waals surface area contributed by atoms with E-state index < -0.39 is 0 Å². The molecule has 3 fully saturated rings. The number of aromatic nitrogens is 4. The summed E-state index contributed by atoms with van der Waals surface area (Å²) < 4.78 is 1.83. The van der Waals surface area contributed by atoms with Gasteiger partial charge in [0.05, 0.1) is 22.3 Å². The number of carbonyl (C=O) groups is 1. The van der Waals surface area contributed by atoms with Crippen molar-refractivity contribution in [3.05, 3.63) is 41.3 Å². The second kappa shape index (κ2) is 8.03. The molecule has 0 bridgehead atoms. The molecular weight excluding hydrogens is 424 g/mol. The molecule has 1 amide bonds. The van der Waals surface area contributed by atoms with Gasteiger partial charge in [-0.15, -0.1) is 0 Å². The van der Waals surface area contributed by atoms with Gasteiger partial charge in [0.15, 0.2) is 5.65 Å². The van der Waals surface area contributed by atoms with Crippen LogP contribution in [-0.2, 0) is 4.79 Å². The van der Waals surface area contributed by atoms with Gasteiger partial charge in [-0.1, -0.05) is 36.6 Å². The molecule has 3 aromatic rings. The number of amides is 1. The lowest BCUT2D eigenvalue weighted by molar-refractivity contribution is -0.135. The SMILES string of the molecule is O=C(C1CCCC1)N1CCN(c2nc(C3CC3)nc3c2cnn3-c2ccccc2Cl)CC1. The molecule has 1 saturated heterocycles. The minimum atomic E-state index is 0.239. The number of hydrogen-bond donors (Lipinski definition) is 0. The average molecular weight is 451 g/mol. The average Bonchev–Trinajstić information content (AvgIpc) is 3.36. The van der Waals surface area contributed by atoms with E-state index in [0.29, 0.717) is 16.8 Å². The summed E-state index contributed by atoms with van der Waals surface area (Å²) in [6.45, 7) is 3.06. The van der Waals surface area contributed by atoms with E-state index in [-0.39, 0.29) is 5.92 Å². The van der Waals surface area contributed by atoms with Crippen LogP contribution in [0.15, 0.2) is 30.5 Å². The van der Waals surface area contributed by atoms with Gasteiger partial charge < -0.3 is 9.80 Å². The molecule has 2 aliphatic carbocycles. The first kappa shape index (κ1) is 20.0. The minimum absolute atomic E-state index is 0.239. The van der Waals surface area contributed by atoms with Crippen LogP contribution in [0, 0.1) is 5.92 Å². The molecule has 0 unspecified atom stereocenters. The van der Waals surface area contributed by atoms with Gasteiger partial charge in [0, 0.05) is 38.0 Å². The van der Waals surface area contributed by atoms with Crippen LogP contribution in [0.2, 0.25) is 5.02 Å². The lowest BCUT2D eigenvalue weighted by atomic mass is 10.1. The van der Waals surface area contributed by atoms with Crippen molar-refractivity contribution in [2.24, 2.45) is 5.92 Å². The van der Waals surface area contributed by atoms with Crippen LogP contribution >= 0.6 is 11.6 Å². The van der Waals surface area contributed by atoms with E-state index in [4.69, 9.17) is 21.6 Å². The van der Waals surface area contributed by atoms with E-state index in [2.05, 4.69) is 14.9 Å². The van der Waals surface area contributed by atoms with E-state index in [0.717, 1.165) is 80.2 Å². The number of para-hydroxylation sites is 1. The topological polar surface area (TPSA) is 67.2 Å². The summed E-state index contributed by atoms with van der Waals surface area (Å²) in [5.41, 5.74) is 1.62. The second-order valence-electron chi connectivity index (χ2n) is 9.22. The van der Waals surface area contributed by atoms with Crippen molar-refractivity contribution in [1.29, 1.82) is 0 Å². The lowest BCUT2D eigenvalue weighted by Gasteiger charge is -2.36. The zero-order chi connectivity index (χ0) is 21.7. The van der Waals surface area contributed by atoms with Crippen LogP contribution in [0.1, 0.15) is 50.3 Å². The number of hydrogen-bond acceptors (Lipinski definition) is 5. The van der Waals surface area contributed by atoms with Gasteiger partial charge in [0.1, 0.15) is 11.6 Å². The number of fused-ring (bicyclic) bond motifs is 1. The Bertz CT molecular complexity index is 1160. The Kier molecular flexibility index (Phi) is 5.01. The quantitative estimate of drug-likeness (QED) is 0.596. The predicted molar refractivity (Wildman–Crippen MR) is 124 cm³/mol. The lowest BCUT2D eigenvalue weighted by Crippen LogP contribution is -2.50. The maximum atomic E-state index is 12.9. The van der Waals surface area contributed by atoms with Crippen LogP contribution < -0.4 is 4.90 Å². The fourth-order valence-electron chi connectivity index (χ4n) is 5.04. The van der Waals surface area contributed by atoms with E-state index in [9.17, 15) is 4.79 Å². The predicted octanol–water partition coefficient (Wildman–Crippen LogP) is 4.19. The van der Waals surface area contributed by atoms with Gasteiger partial charge in [-0.2, -0.15) is 5.10 Å². The maximum absolute atomic E-state index is 12.9. The molecule has 7 nitrogen and oxygen atoms in total. The summed E-state index contributed by atoms with van der Waals surface area (Å²) in [4.78, 5) is 27.1. The summed E-state index contributed by atoms with van der Waals surface area (Å²) in [5.74, 6) is 2.84. The molecule has 1 aliphatic heterocycles. The van der Waals surface area contributed by atoms with Crippen molar-refractivity contribution < 1.29 is 4.79 Å². The Morgan fingerprint density at radius 1 is 0.969 bits per heavy atom. The van der Waals surface area contributed by atoms with E-state index in [1.807, 2.05) is 35.1 Å². The van der Waals surface area contributed by atoms with Crippen LogP contribution in [0.25, 0.3) is 16.7 Å². The van der Waals surface area contributed by atoms with Gasteiger partial charge in [-0.25, -0.2) is 14.6 Å². The fraction of sp³-hybridized carbons (Fsp3) is 0.500. The highest BCUT2D eigenvalue weighted by Crippen LogP contribution is 2.40. The third kappa shape index (κ3) is 3.52. The molecule has 2 saturated carbocycles. The van der Waals surface area contributed by atoms with Crippen LogP contribution in [-0.4, -0.2) is 56.7 Å². The van der Waals surface area contributed by atoms with Crippen LogP contribution in [0.3, 0.4) is 0 Å². The first-order valence-electron chi connectivity index (χ1n) is 11.7. The molecule has 3 aliphatic rings. The van der Waals surface area contributed by atoms with Crippen molar-refractivity contribution >= 4 is 34.4 Å². The highest BCUT2D eigenvalue weighted by molar-refractivity contribution is 6.32. The summed E-state index contributed by atoms with van der Waals surface area (Å²) in [5, 5.41) is 6.22. The number of piperazine rings is 1.